The molecule has 1 aromatic heterocycles. The van der Waals surface area contributed by atoms with E-state index >= 15 is 0 Å². The number of piperidine rings is 1. The summed E-state index contributed by atoms with van der Waals surface area (Å²) in [5, 5.41) is 7.51. The van der Waals surface area contributed by atoms with Crippen molar-refractivity contribution in [2.24, 2.45) is 0 Å². The molecule has 6 heteroatoms. The molecule has 1 saturated heterocycles. The van der Waals surface area contributed by atoms with Crippen molar-refractivity contribution in [2.45, 2.75) is 44.2 Å². The van der Waals surface area contributed by atoms with Crippen molar-refractivity contribution in [3.8, 4) is 0 Å². The zero-order chi connectivity index (χ0) is 22.3. The number of aromatic nitrogens is 2. The van der Waals surface area contributed by atoms with E-state index in [4.69, 9.17) is 0 Å². The zero-order valence-corrected chi connectivity index (χ0v) is 18.4. The van der Waals surface area contributed by atoms with Crippen molar-refractivity contribution in [3.05, 3.63) is 90.3 Å². The molecule has 2 unspecified atom stereocenters. The first kappa shape index (κ1) is 21.8. The highest BCUT2D eigenvalue weighted by molar-refractivity contribution is 5.85. The third kappa shape index (κ3) is 4.90. The van der Waals surface area contributed by atoms with Gasteiger partial charge in [0.25, 0.3) is 0 Å². The molecule has 1 fully saturated rings. The predicted octanol–water partition coefficient (Wildman–Crippen LogP) is 3.77. The van der Waals surface area contributed by atoms with Gasteiger partial charge in [-0.15, -0.1) is 0 Å². The average Bonchev–Trinajstić information content (AvgIpc) is 3.36. The van der Waals surface area contributed by atoms with E-state index in [1.807, 2.05) is 77.8 Å². The van der Waals surface area contributed by atoms with Gasteiger partial charge in [0.1, 0.15) is 0 Å². The molecule has 0 bridgehead atoms. The number of nitrogens with one attached hydrogen (secondary N) is 1. The van der Waals surface area contributed by atoms with Gasteiger partial charge in [0, 0.05) is 31.5 Å². The Bertz CT molecular complexity index is 997. The van der Waals surface area contributed by atoms with Crippen molar-refractivity contribution >= 4 is 11.8 Å². The van der Waals surface area contributed by atoms with Gasteiger partial charge in [0.2, 0.25) is 11.8 Å². The highest BCUT2D eigenvalue weighted by Crippen LogP contribution is 2.25. The van der Waals surface area contributed by atoms with Gasteiger partial charge in [-0.2, -0.15) is 5.10 Å². The van der Waals surface area contributed by atoms with Crippen LogP contribution in [0.4, 0.5) is 0 Å². The number of carbonyl (C=O) groups excluding carboxylic acids is 2. The van der Waals surface area contributed by atoms with Gasteiger partial charge in [0.15, 0.2) is 6.04 Å². The standard InChI is InChI=1S/C26H30N4O2/c1-2-23(20-10-5-3-6-11-20)26(32)29-18-14-22(15-19-29)28-25(31)24(30-17-9-16-27-30)21-12-7-4-8-13-21/h3-13,16-17,22-24H,2,14-15,18-19H2,1H3,(H,28,31). The normalized spacial score (nSPS) is 16.3. The molecule has 0 saturated carbocycles. The first-order chi connectivity index (χ1) is 15.7. The van der Waals surface area contributed by atoms with E-state index in [0.717, 1.165) is 30.4 Å². The van der Waals surface area contributed by atoms with Crippen LogP contribution >= 0.6 is 0 Å². The Morgan fingerprint density at radius 3 is 2.16 bits per heavy atom. The van der Waals surface area contributed by atoms with Crippen LogP contribution in [0.5, 0.6) is 0 Å². The summed E-state index contributed by atoms with van der Waals surface area (Å²) in [5.74, 6) is 0.00666. The molecule has 0 spiro atoms. The van der Waals surface area contributed by atoms with Gasteiger partial charge in [-0.25, -0.2) is 0 Å². The Balaban J connectivity index is 1.38. The van der Waals surface area contributed by atoms with Crippen molar-refractivity contribution in [1.82, 2.24) is 20.0 Å². The number of carbonyl (C=O) groups is 2. The second-order valence-electron chi connectivity index (χ2n) is 8.28. The maximum absolute atomic E-state index is 13.2. The fourth-order valence-corrected chi connectivity index (χ4v) is 4.48. The Hall–Kier alpha value is -3.41. The molecule has 2 amide bonds. The van der Waals surface area contributed by atoms with E-state index in [2.05, 4.69) is 17.3 Å². The van der Waals surface area contributed by atoms with E-state index < -0.39 is 6.04 Å². The van der Waals surface area contributed by atoms with Crippen molar-refractivity contribution in [2.75, 3.05) is 13.1 Å². The lowest BCUT2D eigenvalue weighted by molar-refractivity contribution is -0.134. The highest BCUT2D eigenvalue weighted by Gasteiger charge is 2.30. The van der Waals surface area contributed by atoms with Crippen LogP contribution in [-0.4, -0.2) is 45.6 Å². The summed E-state index contributed by atoms with van der Waals surface area (Å²) in [6, 6.07) is 21.0. The number of amides is 2. The van der Waals surface area contributed by atoms with Gasteiger partial charge >= 0.3 is 0 Å². The summed E-state index contributed by atoms with van der Waals surface area (Å²) in [4.78, 5) is 28.3. The van der Waals surface area contributed by atoms with Crippen molar-refractivity contribution in [1.29, 1.82) is 0 Å². The van der Waals surface area contributed by atoms with Crippen molar-refractivity contribution in [3.63, 3.8) is 0 Å². The Kier molecular flexibility index (Phi) is 7.00. The fraction of sp³-hybridized carbons (Fsp3) is 0.346. The Morgan fingerprint density at radius 1 is 0.969 bits per heavy atom. The molecule has 1 aliphatic rings. The molecule has 2 heterocycles. The molecule has 166 valence electrons. The quantitative estimate of drug-likeness (QED) is 0.620. The summed E-state index contributed by atoms with van der Waals surface area (Å²) in [5.41, 5.74) is 1.97. The lowest BCUT2D eigenvalue weighted by Gasteiger charge is -2.35. The number of likely N-dealkylation sites (tertiary alicyclic amines) is 1. The molecular weight excluding hydrogens is 400 g/mol. The highest BCUT2D eigenvalue weighted by atomic mass is 16.2. The SMILES string of the molecule is CCC(C(=O)N1CCC(NC(=O)C(c2ccccc2)n2cccn2)CC1)c1ccccc1. The summed E-state index contributed by atoms with van der Waals surface area (Å²) in [6.07, 6.45) is 5.78. The molecule has 4 rings (SSSR count). The van der Waals surface area contributed by atoms with Crippen LogP contribution in [0.2, 0.25) is 0 Å². The molecule has 1 N–H and O–H groups in total. The summed E-state index contributed by atoms with van der Waals surface area (Å²) in [7, 11) is 0. The second kappa shape index (κ2) is 10.3. The molecule has 0 radical (unpaired) electrons. The molecule has 0 aliphatic carbocycles. The lowest BCUT2D eigenvalue weighted by Crippen LogP contribution is -2.49. The van der Waals surface area contributed by atoms with E-state index in [-0.39, 0.29) is 23.8 Å². The van der Waals surface area contributed by atoms with E-state index in [9.17, 15) is 9.59 Å². The van der Waals surface area contributed by atoms with Crippen LogP contribution in [0.1, 0.15) is 49.3 Å². The van der Waals surface area contributed by atoms with Gasteiger partial charge in [-0.3, -0.25) is 14.3 Å². The summed E-state index contributed by atoms with van der Waals surface area (Å²) < 4.78 is 1.69. The van der Waals surface area contributed by atoms with Crippen LogP contribution in [0.3, 0.4) is 0 Å². The predicted molar refractivity (Wildman–Crippen MR) is 124 cm³/mol. The van der Waals surface area contributed by atoms with E-state index in [1.54, 1.807) is 10.9 Å². The van der Waals surface area contributed by atoms with Crippen LogP contribution in [0, 0.1) is 0 Å². The number of hydrogen-bond donors (Lipinski definition) is 1. The first-order valence-corrected chi connectivity index (χ1v) is 11.4. The minimum absolute atomic E-state index is 0.0464. The minimum atomic E-state index is -0.506. The Morgan fingerprint density at radius 2 is 1.59 bits per heavy atom. The van der Waals surface area contributed by atoms with Crippen LogP contribution in [0.15, 0.2) is 79.1 Å². The minimum Gasteiger partial charge on any atom is -0.351 e. The smallest absolute Gasteiger partial charge is 0.249 e. The number of nitrogens with zero attached hydrogens (tertiary/aromatic N) is 3. The lowest BCUT2D eigenvalue weighted by atomic mass is 9.93. The molecule has 6 nitrogen and oxygen atoms in total. The monoisotopic (exact) mass is 430 g/mol. The third-order valence-electron chi connectivity index (χ3n) is 6.21. The topological polar surface area (TPSA) is 67.2 Å². The third-order valence-corrected chi connectivity index (χ3v) is 6.21. The summed E-state index contributed by atoms with van der Waals surface area (Å²) in [6.45, 7) is 3.37. The summed E-state index contributed by atoms with van der Waals surface area (Å²) >= 11 is 0. The van der Waals surface area contributed by atoms with E-state index in [1.165, 1.54) is 0 Å². The maximum Gasteiger partial charge on any atom is 0.249 e. The van der Waals surface area contributed by atoms with Crippen molar-refractivity contribution < 1.29 is 9.59 Å². The fourth-order valence-electron chi connectivity index (χ4n) is 4.48. The largest absolute Gasteiger partial charge is 0.351 e. The molecule has 3 aromatic rings. The van der Waals surface area contributed by atoms with Gasteiger partial charge in [-0.1, -0.05) is 67.6 Å². The first-order valence-electron chi connectivity index (χ1n) is 11.4. The van der Waals surface area contributed by atoms with Crippen LogP contribution in [0.25, 0.3) is 0 Å². The molecule has 1 aliphatic heterocycles. The average molecular weight is 431 g/mol. The number of benzene rings is 2. The van der Waals surface area contributed by atoms with Gasteiger partial charge in [-0.05, 0) is 36.5 Å². The van der Waals surface area contributed by atoms with E-state index in [0.29, 0.717) is 13.1 Å². The molecular formula is C26H30N4O2. The zero-order valence-electron chi connectivity index (χ0n) is 18.4. The number of rotatable bonds is 7. The number of hydrogen-bond acceptors (Lipinski definition) is 3. The van der Waals surface area contributed by atoms with Crippen LogP contribution < -0.4 is 5.32 Å². The second-order valence-corrected chi connectivity index (χ2v) is 8.28. The molecule has 2 aromatic carbocycles. The Labute approximate surface area is 189 Å². The van der Waals surface area contributed by atoms with Gasteiger partial charge in [0.05, 0.1) is 5.92 Å². The molecule has 2 atom stereocenters. The maximum atomic E-state index is 13.2. The van der Waals surface area contributed by atoms with Gasteiger partial charge < -0.3 is 10.2 Å². The molecule has 32 heavy (non-hydrogen) atoms. The van der Waals surface area contributed by atoms with Crippen LogP contribution in [-0.2, 0) is 9.59 Å².